The van der Waals surface area contributed by atoms with Gasteiger partial charge < -0.3 is 10.4 Å². The molecule has 2 N–H and O–H groups in total. The van der Waals surface area contributed by atoms with Gasteiger partial charge in [-0.2, -0.15) is 0 Å². The molecule has 0 saturated heterocycles. The molecule has 2 aromatic carbocycles. The third kappa shape index (κ3) is 3.20. The van der Waals surface area contributed by atoms with Gasteiger partial charge in [-0.3, -0.25) is 4.79 Å². The summed E-state index contributed by atoms with van der Waals surface area (Å²) in [5, 5.41) is 11.5. The first-order chi connectivity index (χ1) is 9.08. The Kier molecular flexibility index (Phi) is 3.97. The summed E-state index contributed by atoms with van der Waals surface area (Å²) in [4.78, 5) is 22.9. The molecule has 0 aliphatic heterocycles. The SMILES string of the molecule is O=C(O)c1cccc(NC(=O)c2ccccc2Br)c1. The Morgan fingerprint density at radius 1 is 1.05 bits per heavy atom. The van der Waals surface area contributed by atoms with Crippen molar-refractivity contribution in [2.24, 2.45) is 0 Å². The Balaban J connectivity index is 2.22. The molecule has 0 unspecified atom stereocenters. The van der Waals surface area contributed by atoms with Gasteiger partial charge in [0.2, 0.25) is 0 Å². The van der Waals surface area contributed by atoms with E-state index >= 15 is 0 Å². The van der Waals surface area contributed by atoms with Crippen LogP contribution in [0.25, 0.3) is 0 Å². The highest BCUT2D eigenvalue weighted by atomic mass is 79.9. The number of carboxylic acids is 1. The molecule has 0 aliphatic carbocycles. The van der Waals surface area contributed by atoms with E-state index in [9.17, 15) is 9.59 Å². The first-order valence-electron chi connectivity index (χ1n) is 5.47. The van der Waals surface area contributed by atoms with E-state index < -0.39 is 5.97 Å². The first-order valence-corrected chi connectivity index (χ1v) is 6.26. The van der Waals surface area contributed by atoms with Gasteiger partial charge in [0, 0.05) is 10.2 Å². The summed E-state index contributed by atoms with van der Waals surface area (Å²) < 4.78 is 0.682. The molecule has 4 nitrogen and oxygen atoms in total. The van der Waals surface area contributed by atoms with Crippen LogP contribution in [0.4, 0.5) is 5.69 Å². The second-order valence-electron chi connectivity index (χ2n) is 3.82. The van der Waals surface area contributed by atoms with Gasteiger partial charge in [-0.1, -0.05) is 18.2 Å². The summed E-state index contributed by atoms with van der Waals surface area (Å²) in [5.41, 5.74) is 1.06. The van der Waals surface area contributed by atoms with Crippen LogP contribution in [-0.4, -0.2) is 17.0 Å². The number of hydrogen-bond donors (Lipinski definition) is 2. The number of halogens is 1. The van der Waals surface area contributed by atoms with Crippen molar-refractivity contribution in [1.82, 2.24) is 0 Å². The zero-order chi connectivity index (χ0) is 13.8. The summed E-state index contributed by atoms with van der Waals surface area (Å²) in [5.74, 6) is -1.33. The maximum Gasteiger partial charge on any atom is 0.335 e. The number of aromatic carboxylic acids is 1. The van der Waals surface area contributed by atoms with Crippen LogP contribution < -0.4 is 5.32 Å². The summed E-state index contributed by atoms with van der Waals surface area (Å²) in [7, 11) is 0. The van der Waals surface area contributed by atoms with Gasteiger partial charge in [0.15, 0.2) is 0 Å². The lowest BCUT2D eigenvalue weighted by Crippen LogP contribution is -2.12. The average molecular weight is 320 g/mol. The molecular weight excluding hydrogens is 310 g/mol. The lowest BCUT2D eigenvalue weighted by molar-refractivity contribution is 0.0696. The summed E-state index contributed by atoms with van der Waals surface area (Å²) in [6, 6.07) is 13.1. The average Bonchev–Trinajstić information content (AvgIpc) is 2.39. The van der Waals surface area contributed by atoms with Crippen molar-refractivity contribution in [3.63, 3.8) is 0 Å². The fraction of sp³-hybridized carbons (Fsp3) is 0. The van der Waals surface area contributed by atoms with Crippen LogP contribution >= 0.6 is 15.9 Å². The Hall–Kier alpha value is -2.14. The van der Waals surface area contributed by atoms with Crippen LogP contribution in [0.15, 0.2) is 53.0 Å². The third-order valence-corrected chi connectivity index (χ3v) is 3.18. The van der Waals surface area contributed by atoms with Crippen molar-refractivity contribution in [3.8, 4) is 0 Å². The molecule has 0 saturated carbocycles. The number of amides is 1. The quantitative estimate of drug-likeness (QED) is 0.911. The number of nitrogens with one attached hydrogen (secondary N) is 1. The number of carbonyl (C=O) groups is 2. The molecule has 0 fully saturated rings. The Labute approximate surface area is 118 Å². The molecule has 5 heteroatoms. The van der Waals surface area contributed by atoms with Crippen molar-refractivity contribution in [1.29, 1.82) is 0 Å². The molecule has 1 amide bonds. The van der Waals surface area contributed by atoms with E-state index in [0.717, 1.165) is 0 Å². The summed E-state index contributed by atoms with van der Waals surface area (Å²) >= 11 is 3.29. The maximum absolute atomic E-state index is 12.0. The van der Waals surface area contributed by atoms with Crippen molar-refractivity contribution in [3.05, 3.63) is 64.1 Å². The van der Waals surface area contributed by atoms with Gasteiger partial charge in [-0.05, 0) is 46.3 Å². The normalized spacial score (nSPS) is 9.95. The van der Waals surface area contributed by atoms with E-state index in [1.165, 1.54) is 12.1 Å². The van der Waals surface area contributed by atoms with E-state index in [-0.39, 0.29) is 11.5 Å². The molecule has 2 rings (SSSR count). The maximum atomic E-state index is 12.0. The first kappa shape index (κ1) is 13.3. The molecular formula is C14H10BrNO3. The lowest BCUT2D eigenvalue weighted by Gasteiger charge is -2.07. The summed E-state index contributed by atoms with van der Waals surface area (Å²) in [6.45, 7) is 0. The molecule has 2 aromatic rings. The van der Waals surface area contributed by atoms with E-state index in [1.807, 2.05) is 6.07 Å². The second kappa shape index (κ2) is 5.67. The van der Waals surface area contributed by atoms with E-state index in [4.69, 9.17) is 5.11 Å². The molecule has 0 heterocycles. The number of anilines is 1. The highest BCUT2D eigenvalue weighted by Crippen LogP contribution is 2.18. The zero-order valence-electron chi connectivity index (χ0n) is 9.76. The van der Waals surface area contributed by atoms with Gasteiger partial charge in [0.25, 0.3) is 5.91 Å². The third-order valence-electron chi connectivity index (χ3n) is 2.49. The molecule has 0 radical (unpaired) electrons. The number of rotatable bonds is 3. The summed E-state index contributed by atoms with van der Waals surface area (Å²) in [6.07, 6.45) is 0. The Morgan fingerprint density at radius 2 is 1.79 bits per heavy atom. The number of benzene rings is 2. The highest BCUT2D eigenvalue weighted by Gasteiger charge is 2.10. The van der Waals surface area contributed by atoms with Crippen molar-refractivity contribution in [2.45, 2.75) is 0 Å². The van der Waals surface area contributed by atoms with Gasteiger partial charge >= 0.3 is 5.97 Å². The van der Waals surface area contributed by atoms with E-state index in [2.05, 4.69) is 21.2 Å². The molecule has 0 bridgehead atoms. The minimum Gasteiger partial charge on any atom is -0.478 e. The van der Waals surface area contributed by atoms with E-state index in [0.29, 0.717) is 15.7 Å². The minimum absolute atomic E-state index is 0.130. The van der Waals surface area contributed by atoms with Gasteiger partial charge in [0.1, 0.15) is 0 Å². The van der Waals surface area contributed by atoms with Crippen molar-refractivity contribution in [2.75, 3.05) is 5.32 Å². The standard InChI is InChI=1S/C14H10BrNO3/c15-12-7-2-1-6-11(12)13(17)16-10-5-3-4-9(8-10)14(18)19/h1-8H,(H,16,17)(H,18,19). The predicted octanol–water partition coefficient (Wildman–Crippen LogP) is 3.40. The molecule has 19 heavy (non-hydrogen) atoms. The molecule has 0 spiro atoms. The van der Waals surface area contributed by atoms with Crippen molar-refractivity contribution >= 4 is 33.5 Å². The van der Waals surface area contributed by atoms with Crippen molar-refractivity contribution < 1.29 is 14.7 Å². The van der Waals surface area contributed by atoms with Gasteiger partial charge in [-0.15, -0.1) is 0 Å². The minimum atomic E-state index is -1.03. The Bertz CT molecular complexity index is 640. The van der Waals surface area contributed by atoms with Crippen LogP contribution in [-0.2, 0) is 0 Å². The predicted molar refractivity (Wildman–Crippen MR) is 75.5 cm³/mol. The largest absolute Gasteiger partial charge is 0.478 e. The molecule has 0 aliphatic rings. The second-order valence-corrected chi connectivity index (χ2v) is 4.67. The number of carboxylic acid groups (broad SMARTS) is 1. The number of hydrogen-bond acceptors (Lipinski definition) is 2. The Morgan fingerprint density at radius 3 is 2.47 bits per heavy atom. The fourth-order valence-electron chi connectivity index (χ4n) is 1.57. The lowest BCUT2D eigenvalue weighted by atomic mass is 10.2. The highest BCUT2D eigenvalue weighted by molar-refractivity contribution is 9.10. The monoisotopic (exact) mass is 319 g/mol. The van der Waals surface area contributed by atoms with Crippen LogP contribution in [0.3, 0.4) is 0 Å². The van der Waals surface area contributed by atoms with Crippen LogP contribution in [0.2, 0.25) is 0 Å². The van der Waals surface area contributed by atoms with Gasteiger partial charge in [-0.25, -0.2) is 4.79 Å². The van der Waals surface area contributed by atoms with Crippen LogP contribution in [0.5, 0.6) is 0 Å². The number of carbonyl (C=O) groups excluding carboxylic acids is 1. The molecule has 96 valence electrons. The smallest absolute Gasteiger partial charge is 0.335 e. The fourth-order valence-corrected chi connectivity index (χ4v) is 2.04. The van der Waals surface area contributed by atoms with Crippen LogP contribution in [0, 0.1) is 0 Å². The van der Waals surface area contributed by atoms with Gasteiger partial charge in [0.05, 0.1) is 11.1 Å². The topological polar surface area (TPSA) is 66.4 Å². The molecule has 0 atom stereocenters. The van der Waals surface area contributed by atoms with E-state index in [1.54, 1.807) is 30.3 Å². The zero-order valence-corrected chi connectivity index (χ0v) is 11.3. The van der Waals surface area contributed by atoms with Crippen LogP contribution in [0.1, 0.15) is 20.7 Å². The molecule has 0 aromatic heterocycles.